The SMILES string of the molecule is CCNC(=NCc1ccc([N+](=O)[O-])cc1)NC1CCC(C)CC1. The molecule has 2 N–H and O–H groups in total. The summed E-state index contributed by atoms with van der Waals surface area (Å²) in [4.78, 5) is 14.9. The van der Waals surface area contributed by atoms with Gasteiger partial charge in [0.05, 0.1) is 11.5 Å². The number of nitro groups is 1. The van der Waals surface area contributed by atoms with Gasteiger partial charge in [0.1, 0.15) is 0 Å². The van der Waals surface area contributed by atoms with Crippen molar-refractivity contribution >= 4 is 11.6 Å². The van der Waals surface area contributed by atoms with E-state index in [1.807, 2.05) is 6.92 Å². The second-order valence-corrected chi connectivity index (χ2v) is 6.22. The zero-order valence-corrected chi connectivity index (χ0v) is 13.9. The molecule has 0 radical (unpaired) electrons. The molecule has 0 bridgehead atoms. The van der Waals surface area contributed by atoms with Crippen molar-refractivity contribution in [2.45, 2.75) is 52.1 Å². The largest absolute Gasteiger partial charge is 0.357 e. The molecule has 0 atom stereocenters. The zero-order valence-electron chi connectivity index (χ0n) is 13.9. The number of non-ortho nitro benzene ring substituents is 1. The van der Waals surface area contributed by atoms with Gasteiger partial charge in [0.25, 0.3) is 5.69 Å². The van der Waals surface area contributed by atoms with E-state index in [4.69, 9.17) is 0 Å². The summed E-state index contributed by atoms with van der Waals surface area (Å²) in [5.41, 5.74) is 1.07. The first-order chi connectivity index (χ1) is 11.1. The molecular weight excluding hydrogens is 292 g/mol. The Morgan fingerprint density at radius 3 is 2.48 bits per heavy atom. The maximum absolute atomic E-state index is 10.7. The molecule has 6 nitrogen and oxygen atoms in total. The van der Waals surface area contributed by atoms with E-state index in [9.17, 15) is 10.1 Å². The molecule has 0 unspecified atom stereocenters. The monoisotopic (exact) mass is 318 g/mol. The Morgan fingerprint density at radius 1 is 1.26 bits per heavy atom. The Bertz CT molecular complexity index is 534. The van der Waals surface area contributed by atoms with E-state index in [-0.39, 0.29) is 10.6 Å². The van der Waals surface area contributed by atoms with Crippen LogP contribution in [0.3, 0.4) is 0 Å². The van der Waals surface area contributed by atoms with Crippen LogP contribution in [0, 0.1) is 16.0 Å². The second kappa shape index (κ2) is 8.50. The van der Waals surface area contributed by atoms with Crippen LogP contribution in [0.15, 0.2) is 29.3 Å². The lowest BCUT2D eigenvalue weighted by molar-refractivity contribution is -0.384. The predicted molar refractivity (Wildman–Crippen MR) is 92.5 cm³/mol. The van der Waals surface area contributed by atoms with Gasteiger partial charge in [0, 0.05) is 24.7 Å². The van der Waals surface area contributed by atoms with Crippen molar-refractivity contribution < 1.29 is 4.92 Å². The maximum atomic E-state index is 10.7. The fraction of sp³-hybridized carbons (Fsp3) is 0.588. The Balaban J connectivity index is 1.93. The molecule has 1 saturated carbocycles. The minimum absolute atomic E-state index is 0.110. The minimum atomic E-state index is -0.386. The standard InChI is InChI=1S/C17H26N4O2/c1-3-18-17(20-15-8-4-13(2)5-9-15)19-12-14-6-10-16(11-7-14)21(22)23/h6-7,10-11,13,15H,3-5,8-9,12H2,1-2H3,(H2,18,19,20). The lowest BCUT2D eigenvalue weighted by Crippen LogP contribution is -2.44. The van der Waals surface area contributed by atoms with E-state index in [1.54, 1.807) is 12.1 Å². The molecular formula is C17H26N4O2. The summed E-state index contributed by atoms with van der Waals surface area (Å²) in [5, 5.41) is 17.4. The van der Waals surface area contributed by atoms with Gasteiger partial charge < -0.3 is 10.6 Å². The van der Waals surface area contributed by atoms with Crippen molar-refractivity contribution in [3.05, 3.63) is 39.9 Å². The van der Waals surface area contributed by atoms with E-state index in [1.165, 1.54) is 37.8 Å². The molecule has 2 rings (SSSR count). The third-order valence-corrected chi connectivity index (χ3v) is 4.27. The first kappa shape index (κ1) is 17.2. The van der Waals surface area contributed by atoms with Crippen molar-refractivity contribution in [3.63, 3.8) is 0 Å². The van der Waals surface area contributed by atoms with Crippen LogP contribution in [0.2, 0.25) is 0 Å². The highest BCUT2D eigenvalue weighted by Crippen LogP contribution is 2.23. The van der Waals surface area contributed by atoms with Crippen LogP contribution >= 0.6 is 0 Å². The van der Waals surface area contributed by atoms with Crippen molar-refractivity contribution in [1.82, 2.24) is 10.6 Å². The molecule has 0 heterocycles. The van der Waals surface area contributed by atoms with Gasteiger partial charge >= 0.3 is 0 Å². The van der Waals surface area contributed by atoms with Crippen LogP contribution in [0.1, 0.15) is 45.1 Å². The van der Waals surface area contributed by atoms with Gasteiger partial charge in [-0.3, -0.25) is 10.1 Å². The van der Waals surface area contributed by atoms with E-state index >= 15 is 0 Å². The summed E-state index contributed by atoms with van der Waals surface area (Å²) >= 11 is 0. The average molecular weight is 318 g/mol. The summed E-state index contributed by atoms with van der Waals surface area (Å²) in [5.74, 6) is 1.65. The summed E-state index contributed by atoms with van der Waals surface area (Å²) < 4.78 is 0. The number of nitrogens with zero attached hydrogens (tertiary/aromatic N) is 2. The van der Waals surface area contributed by atoms with E-state index in [0.29, 0.717) is 12.6 Å². The third-order valence-electron chi connectivity index (χ3n) is 4.27. The van der Waals surface area contributed by atoms with Crippen LogP contribution < -0.4 is 10.6 Å². The Morgan fingerprint density at radius 2 is 1.91 bits per heavy atom. The quantitative estimate of drug-likeness (QED) is 0.378. The van der Waals surface area contributed by atoms with Crippen molar-refractivity contribution in [1.29, 1.82) is 0 Å². The Labute approximate surface area is 137 Å². The van der Waals surface area contributed by atoms with Gasteiger partial charge in [-0.15, -0.1) is 0 Å². The lowest BCUT2D eigenvalue weighted by atomic mass is 9.87. The van der Waals surface area contributed by atoms with Gasteiger partial charge in [-0.2, -0.15) is 0 Å². The van der Waals surface area contributed by atoms with Crippen LogP contribution in [-0.2, 0) is 6.54 Å². The third kappa shape index (κ3) is 5.54. The molecule has 0 aliphatic heterocycles. The maximum Gasteiger partial charge on any atom is 0.269 e. The molecule has 0 amide bonds. The zero-order chi connectivity index (χ0) is 16.7. The number of guanidine groups is 1. The fourth-order valence-corrected chi connectivity index (χ4v) is 2.81. The Hall–Kier alpha value is -2.11. The highest BCUT2D eigenvalue weighted by Gasteiger charge is 2.18. The smallest absolute Gasteiger partial charge is 0.269 e. The van der Waals surface area contributed by atoms with Gasteiger partial charge in [0.2, 0.25) is 0 Å². The predicted octanol–water partition coefficient (Wildman–Crippen LogP) is 3.23. The molecule has 1 fully saturated rings. The van der Waals surface area contributed by atoms with Gasteiger partial charge in [-0.1, -0.05) is 19.1 Å². The first-order valence-electron chi connectivity index (χ1n) is 8.36. The number of benzene rings is 1. The highest BCUT2D eigenvalue weighted by molar-refractivity contribution is 5.80. The molecule has 6 heteroatoms. The van der Waals surface area contributed by atoms with Gasteiger partial charge in [-0.25, -0.2) is 4.99 Å². The molecule has 0 aromatic heterocycles. The van der Waals surface area contributed by atoms with Crippen molar-refractivity contribution in [2.75, 3.05) is 6.54 Å². The van der Waals surface area contributed by atoms with E-state index in [2.05, 4.69) is 22.5 Å². The summed E-state index contributed by atoms with van der Waals surface area (Å²) in [6, 6.07) is 7.04. The molecule has 126 valence electrons. The molecule has 23 heavy (non-hydrogen) atoms. The summed E-state index contributed by atoms with van der Waals surface area (Å²) in [6.07, 6.45) is 4.89. The second-order valence-electron chi connectivity index (χ2n) is 6.22. The van der Waals surface area contributed by atoms with Crippen LogP contribution in [0.4, 0.5) is 5.69 Å². The average Bonchev–Trinajstić information content (AvgIpc) is 2.55. The number of rotatable bonds is 5. The number of hydrogen-bond donors (Lipinski definition) is 2. The highest BCUT2D eigenvalue weighted by atomic mass is 16.6. The number of nitro benzene ring substituents is 1. The normalized spacial score (nSPS) is 21.7. The molecule has 1 aromatic carbocycles. The first-order valence-corrected chi connectivity index (χ1v) is 8.36. The Kier molecular flexibility index (Phi) is 6.38. The van der Waals surface area contributed by atoms with E-state index in [0.717, 1.165) is 24.0 Å². The minimum Gasteiger partial charge on any atom is -0.357 e. The number of aliphatic imine (C=N–C) groups is 1. The van der Waals surface area contributed by atoms with Crippen molar-refractivity contribution in [3.8, 4) is 0 Å². The van der Waals surface area contributed by atoms with Crippen LogP contribution in [0.5, 0.6) is 0 Å². The fourth-order valence-electron chi connectivity index (χ4n) is 2.81. The summed E-state index contributed by atoms with van der Waals surface area (Å²) in [6.45, 7) is 5.68. The van der Waals surface area contributed by atoms with Crippen LogP contribution in [-0.4, -0.2) is 23.5 Å². The molecule has 0 spiro atoms. The number of hydrogen-bond acceptors (Lipinski definition) is 3. The van der Waals surface area contributed by atoms with Gasteiger partial charge in [-0.05, 0) is 44.1 Å². The van der Waals surface area contributed by atoms with Crippen LogP contribution in [0.25, 0.3) is 0 Å². The summed E-state index contributed by atoms with van der Waals surface area (Å²) in [7, 11) is 0. The molecule has 1 aliphatic rings. The number of nitrogens with one attached hydrogen (secondary N) is 2. The lowest BCUT2D eigenvalue weighted by Gasteiger charge is -2.28. The van der Waals surface area contributed by atoms with Crippen molar-refractivity contribution in [2.24, 2.45) is 10.9 Å². The molecule has 1 aromatic rings. The van der Waals surface area contributed by atoms with E-state index < -0.39 is 0 Å². The topological polar surface area (TPSA) is 79.6 Å². The molecule has 0 saturated heterocycles. The van der Waals surface area contributed by atoms with Gasteiger partial charge in [0.15, 0.2) is 5.96 Å². The molecule has 1 aliphatic carbocycles.